The van der Waals surface area contributed by atoms with Gasteiger partial charge in [0, 0.05) is 29.9 Å². The Labute approximate surface area is 176 Å². The maximum Gasteiger partial charge on any atom is 0.240 e. The number of nitrogens with zero attached hydrogens (tertiary/aromatic N) is 1. The van der Waals surface area contributed by atoms with Crippen molar-refractivity contribution in [3.63, 3.8) is 0 Å². The first-order valence-electron chi connectivity index (χ1n) is 9.61. The van der Waals surface area contributed by atoms with E-state index in [1.165, 1.54) is 4.90 Å². The Morgan fingerprint density at radius 3 is 2.33 bits per heavy atom. The van der Waals surface area contributed by atoms with Crippen molar-refractivity contribution in [2.45, 2.75) is 19.8 Å². The Morgan fingerprint density at radius 2 is 1.83 bits per heavy atom. The predicted octanol–water partition coefficient (Wildman–Crippen LogP) is 2.14. The van der Waals surface area contributed by atoms with Crippen LogP contribution in [0.3, 0.4) is 0 Å². The van der Waals surface area contributed by atoms with E-state index in [2.05, 4.69) is 11.2 Å². The SMILES string of the molecule is C#CC(CC(=O)N(CCO)c1ccc(CC)cc1)C(=O)Nc1ccc(C(=N)N)cc1. The van der Waals surface area contributed by atoms with Gasteiger partial charge in [-0.3, -0.25) is 15.0 Å². The molecule has 0 spiro atoms. The number of nitrogens with one attached hydrogen (secondary N) is 2. The highest BCUT2D eigenvalue weighted by Crippen LogP contribution is 2.19. The molecule has 2 rings (SSSR count). The van der Waals surface area contributed by atoms with Gasteiger partial charge >= 0.3 is 0 Å². The number of aliphatic hydroxyl groups is 1. The molecule has 0 aliphatic heterocycles. The minimum Gasteiger partial charge on any atom is -0.395 e. The lowest BCUT2D eigenvalue weighted by atomic mass is 10.0. The summed E-state index contributed by atoms with van der Waals surface area (Å²) in [5.74, 6) is 0.500. The molecule has 1 unspecified atom stereocenters. The van der Waals surface area contributed by atoms with Crippen molar-refractivity contribution in [1.29, 1.82) is 5.41 Å². The van der Waals surface area contributed by atoms with E-state index in [1.807, 2.05) is 31.2 Å². The number of amidine groups is 1. The number of benzene rings is 2. The number of carbonyl (C=O) groups is 2. The highest BCUT2D eigenvalue weighted by atomic mass is 16.3. The zero-order chi connectivity index (χ0) is 22.1. The van der Waals surface area contributed by atoms with Crippen molar-refractivity contribution in [1.82, 2.24) is 0 Å². The quantitative estimate of drug-likeness (QED) is 0.290. The Morgan fingerprint density at radius 1 is 1.20 bits per heavy atom. The van der Waals surface area contributed by atoms with Crippen LogP contribution in [0.1, 0.15) is 24.5 Å². The summed E-state index contributed by atoms with van der Waals surface area (Å²) < 4.78 is 0. The van der Waals surface area contributed by atoms with E-state index in [4.69, 9.17) is 17.6 Å². The number of amides is 2. The number of nitrogen functional groups attached to an aromatic ring is 1. The summed E-state index contributed by atoms with van der Waals surface area (Å²) in [6.45, 7) is 1.93. The normalized spacial score (nSPS) is 11.2. The minimum absolute atomic E-state index is 0.0732. The van der Waals surface area contributed by atoms with Gasteiger partial charge in [-0.1, -0.05) is 25.0 Å². The zero-order valence-electron chi connectivity index (χ0n) is 16.9. The molecule has 0 aliphatic rings. The number of rotatable bonds is 9. The van der Waals surface area contributed by atoms with E-state index < -0.39 is 11.8 Å². The molecule has 0 radical (unpaired) electrons. The molecule has 2 aromatic rings. The maximum absolute atomic E-state index is 12.8. The van der Waals surface area contributed by atoms with Crippen molar-refractivity contribution in [3.05, 3.63) is 59.7 Å². The number of terminal acetylenes is 1. The molecule has 0 aliphatic carbocycles. The van der Waals surface area contributed by atoms with Crippen LogP contribution in [0.25, 0.3) is 0 Å². The fraction of sp³-hybridized carbons (Fsp3) is 0.261. The molecule has 7 heteroatoms. The summed E-state index contributed by atoms with van der Waals surface area (Å²) in [5.41, 5.74) is 8.21. The van der Waals surface area contributed by atoms with E-state index >= 15 is 0 Å². The molecule has 0 fully saturated rings. The van der Waals surface area contributed by atoms with Gasteiger partial charge < -0.3 is 21.1 Å². The summed E-state index contributed by atoms with van der Waals surface area (Å²) in [5, 5.41) is 19.4. The van der Waals surface area contributed by atoms with Gasteiger partial charge in [0.1, 0.15) is 11.8 Å². The molecule has 1 atom stereocenters. The molecular weight excluding hydrogens is 380 g/mol. The van der Waals surface area contributed by atoms with Crippen LogP contribution in [0.15, 0.2) is 48.5 Å². The first-order valence-corrected chi connectivity index (χ1v) is 9.61. The predicted molar refractivity (Wildman–Crippen MR) is 118 cm³/mol. The zero-order valence-corrected chi connectivity index (χ0v) is 16.9. The first-order chi connectivity index (χ1) is 14.4. The standard InChI is InChI=1S/C23H26N4O3/c1-3-16-5-11-20(12-6-16)27(13-14-28)21(29)15-17(4-2)23(30)26-19-9-7-18(8-10-19)22(24)25/h2,5-12,17,28H,3,13-15H2,1H3,(H3,24,25)(H,26,30). The molecular formula is C23H26N4O3. The van der Waals surface area contributed by atoms with Gasteiger partial charge in [0.05, 0.1) is 6.61 Å². The first kappa shape index (κ1) is 22.7. The van der Waals surface area contributed by atoms with Crippen molar-refractivity contribution >= 4 is 29.0 Å². The minimum atomic E-state index is -0.971. The Kier molecular flexibility index (Phi) is 8.15. The topological polar surface area (TPSA) is 120 Å². The van der Waals surface area contributed by atoms with Crippen molar-refractivity contribution in [2.24, 2.45) is 11.7 Å². The second-order valence-electron chi connectivity index (χ2n) is 6.69. The molecule has 2 aromatic carbocycles. The number of aryl methyl sites for hydroxylation is 1. The van der Waals surface area contributed by atoms with Crippen LogP contribution in [0.2, 0.25) is 0 Å². The van der Waals surface area contributed by atoms with Gasteiger partial charge in [-0.25, -0.2) is 0 Å². The molecule has 0 saturated carbocycles. The highest BCUT2D eigenvalue weighted by Gasteiger charge is 2.24. The molecule has 0 saturated heterocycles. The fourth-order valence-electron chi connectivity index (χ4n) is 2.88. The van der Waals surface area contributed by atoms with Gasteiger partial charge in [0.15, 0.2) is 0 Å². The number of hydrogen-bond donors (Lipinski definition) is 4. The Balaban J connectivity index is 2.09. The smallest absolute Gasteiger partial charge is 0.240 e. The lowest BCUT2D eigenvalue weighted by Crippen LogP contribution is -2.36. The summed E-state index contributed by atoms with van der Waals surface area (Å²) in [4.78, 5) is 26.8. The van der Waals surface area contributed by atoms with Crippen LogP contribution < -0.4 is 16.0 Å². The van der Waals surface area contributed by atoms with Crippen LogP contribution in [-0.4, -0.2) is 35.9 Å². The number of anilines is 2. The van der Waals surface area contributed by atoms with E-state index in [9.17, 15) is 14.7 Å². The van der Waals surface area contributed by atoms with Gasteiger partial charge in [-0.15, -0.1) is 6.42 Å². The molecule has 0 heterocycles. The van der Waals surface area contributed by atoms with Crippen LogP contribution in [0.4, 0.5) is 11.4 Å². The van der Waals surface area contributed by atoms with Crippen molar-refractivity contribution in [2.75, 3.05) is 23.4 Å². The molecule has 0 bridgehead atoms. The van der Waals surface area contributed by atoms with Crippen LogP contribution in [0, 0.1) is 23.7 Å². The van der Waals surface area contributed by atoms with Crippen LogP contribution >= 0.6 is 0 Å². The van der Waals surface area contributed by atoms with Gasteiger partial charge in [-0.05, 0) is 48.4 Å². The molecule has 156 valence electrons. The van der Waals surface area contributed by atoms with E-state index in [0.29, 0.717) is 16.9 Å². The summed E-state index contributed by atoms with van der Waals surface area (Å²) >= 11 is 0. The van der Waals surface area contributed by atoms with E-state index in [-0.39, 0.29) is 31.3 Å². The van der Waals surface area contributed by atoms with Gasteiger partial charge in [0.2, 0.25) is 11.8 Å². The van der Waals surface area contributed by atoms with Crippen molar-refractivity contribution < 1.29 is 14.7 Å². The molecule has 2 amide bonds. The highest BCUT2D eigenvalue weighted by molar-refractivity contribution is 6.01. The second kappa shape index (κ2) is 10.8. The lowest BCUT2D eigenvalue weighted by molar-refractivity contribution is -0.124. The lowest BCUT2D eigenvalue weighted by Gasteiger charge is -2.23. The Hall–Kier alpha value is -3.63. The summed E-state index contributed by atoms with van der Waals surface area (Å²) in [6.07, 6.45) is 6.20. The maximum atomic E-state index is 12.8. The monoisotopic (exact) mass is 406 g/mol. The van der Waals surface area contributed by atoms with Crippen LogP contribution in [0.5, 0.6) is 0 Å². The molecule has 0 aromatic heterocycles. The third kappa shape index (κ3) is 5.93. The van der Waals surface area contributed by atoms with E-state index in [1.54, 1.807) is 24.3 Å². The fourth-order valence-corrected chi connectivity index (χ4v) is 2.88. The summed E-state index contributed by atoms with van der Waals surface area (Å²) in [6, 6.07) is 13.9. The number of carbonyl (C=O) groups excluding carboxylic acids is 2. The molecule has 7 nitrogen and oxygen atoms in total. The average molecular weight is 406 g/mol. The number of nitrogens with two attached hydrogens (primary N) is 1. The average Bonchev–Trinajstić information content (AvgIpc) is 2.76. The van der Waals surface area contributed by atoms with Crippen molar-refractivity contribution in [3.8, 4) is 12.3 Å². The third-order valence-electron chi connectivity index (χ3n) is 4.64. The van der Waals surface area contributed by atoms with Crippen LogP contribution in [-0.2, 0) is 16.0 Å². The Bertz CT molecular complexity index is 930. The second-order valence-corrected chi connectivity index (χ2v) is 6.69. The number of aliphatic hydroxyl groups excluding tert-OH is 1. The summed E-state index contributed by atoms with van der Waals surface area (Å²) in [7, 11) is 0. The third-order valence-corrected chi connectivity index (χ3v) is 4.64. The number of hydrogen-bond acceptors (Lipinski definition) is 4. The van der Waals surface area contributed by atoms with E-state index in [0.717, 1.165) is 12.0 Å². The van der Waals surface area contributed by atoms with Gasteiger partial charge in [-0.2, -0.15) is 0 Å². The molecule has 5 N–H and O–H groups in total. The molecule has 30 heavy (non-hydrogen) atoms. The largest absolute Gasteiger partial charge is 0.395 e. The van der Waals surface area contributed by atoms with Gasteiger partial charge in [0.25, 0.3) is 0 Å².